The van der Waals surface area contributed by atoms with Crippen molar-refractivity contribution in [3.05, 3.63) is 95.6 Å². The van der Waals surface area contributed by atoms with Crippen molar-refractivity contribution in [3.8, 4) is 0 Å². The highest BCUT2D eigenvalue weighted by Gasteiger charge is 2.26. The Morgan fingerprint density at radius 2 is 1.57 bits per heavy atom. The van der Waals surface area contributed by atoms with E-state index < -0.39 is 10.0 Å². The second-order valence-corrected chi connectivity index (χ2v) is 9.24. The fourth-order valence-electron chi connectivity index (χ4n) is 3.13. The van der Waals surface area contributed by atoms with Gasteiger partial charge >= 0.3 is 0 Å². The van der Waals surface area contributed by atoms with E-state index in [4.69, 9.17) is 0 Å². The molecule has 0 aliphatic carbocycles. The molecule has 0 unspecified atom stereocenters. The zero-order valence-corrected chi connectivity index (χ0v) is 18.0. The number of amides is 1. The molecule has 1 amide bonds. The quantitative estimate of drug-likeness (QED) is 0.592. The topological polar surface area (TPSA) is 66.5 Å². The summed E-state index contributed by atoms with van der Waals surface area (Å²) >= 11 is 0. The molecule has 0 saturated carbocycles. The van der Waals surface area contributed by atoms with Gasteiger partial charge in [0.25, 0.3) is 0 Å². The first-order valence-corrected chi connectivity index (χ1v) is 11.3. The molecule has 5 nitrogen and oxygen atoms in total. The zero-order chi connectivity index (χ0) is 21.6. The number of nitrogens with zero attached hydrogens (tertiary/aromatic N) is 1. The second kappa shape index (κ2) is 9.69. The minimum Gasteiger partial charge on any atom is -0.325 e. The van der Waals surface area contributed by atoms with Crippen molar-refractivity contribution in [2.24, 2.45) is 0 Å². The molecule has 0 bridgehead atoms. The summed E-state index contributed by atoms with van der Waals surface area (Å²) < 4.78 is 27.8. The lowest BCUT2D eigenvalue weighted by Crippen LogP contribution is -2.39. The molecule has 0 spiro atoms. The number of nitrogens with one attached hydrogen (secondary N) is 1. The maximum absolute atomic E-state index is 13.3. The van der Waals surface area contributed by atoms with Crippen LogP contribution in [0, 0.1) is 13.8 Å². The van der Waals surface area contributed by atoms with Gasteiger partial charge in [0.05, 0.1) is 11.4 Å². The van der Waals surface area contributed by atoms with Crippen LogP contribution >= 0.6 is 0 Å². The second-order valence-electron chi connectivity index (χ2n) is 7.30. The first kappa shape index (κ1) is 21.7. The van der Waals surface area contributed by atoms with Crippen LogP contribution in [-0.2, 0) is 21.2 Å². The van der Waals surface area contributed by atoms with Crippen molar-refractivity contribution in [2.75, 3.05) is 18.4 Å². The summed E-state index contributed by atoms with van der Waals surface area (Å²) in [5.74, 6) is -0.371. The number of rotatable bonds is 8. The lowest BCUT2D eigenvalue weighted by Gasteiger charge is -2.22. The van der Waals surface area contributed by atoms with Crippen molar-refractivity contribution < 1.29 is 13.2 Å². The van der Waals surface area contributed by atoms with Gasteiger partial charge in [0, 0.05) is 12.2 Å². The molecule has 0 aliphatic heterocycles. The minimum absolute atomic E-state index is 0.185. The van der Waals surface area contributed by atoms with Crippen molar-refractivity contribution in [2.45, 2.75) is 25.2 Å². The molecule has 0 aromatic heterocycles. The molecule has 3 aromatic rings. The van der Waals surface area contributed by atoms with Gasteiger partial charge in [-0.05, 0) is 55.7 Å². The molecule has 0 saturated heterocycles. The molecular formula is C24H26N2O3S. The van der Waals surface area contributed by atoms with Crippen LogP contribution in [0.25, 0.3) is 0 Å². The Morgan fingerprint density at radius 3 is 2.23 bits per heavy atom. The third-order valence-electron chi connectivity index (χ3n) is 4.77. The van der Waals surface area contributed by atoms with E-state index in [9.17, 15) is 13.2 Å². The van der Waals surface area contributed by atoms with Crippen LogP contribution in [0.3, 0.4) is 0 Å². The lowest BCUT2D eigenvalue weighted by atomic mass is 10.1. The van der Waals surface area contributed by atoms with E-state index in [0.717, 1.165) is 16.7 Å². The Morgan fingerprint density at radius 1 is 0.867 bits per heavy atom. The standard InChI is InChI=1S/C24H26N2O3S/c1-19-11-13-23(14-12-19)30(28,29)26(16-15-21-8-4-3-5-9-21)18-24(27)25-22-10-6-7-20(2)17-22/h3-14,17H,15-16,18H2,1-2H3,(H,25,27). The largest absolute Gasteiger partial charge is 0.325 e. The Kier molecular flexibility index (Phi) is 7.03. The number of anilines is 1. The normalized spacial score (nSPS) is 11.4. The SMILES string of the molecule is Cc1ccc(S(=O)(=O)N(CCc2ccccc2)CC(=O)Nc2cccc(C)c2)cc1. The summed E-state index contributed by atoms with van der Waals surface area (Å²) in [6, 6.07) is 23.7. The molecule has 3 aromatic carbocycles. The van der Waals surface area contributed by atoms with E-state index in [-0.39, 0.29) is 23.9 Å². The van der Waals surface area contributed by atoms with Crippen LogP contribution in [-0.4, -0.2) is 31.7 Å². The van der Waals surface area contributed by atoms with Gasteiger partial charge in [0.15, 0.2) is 0 Å². The Hall–Kier alpha value is -2.96. The van der Waals surface area contributed by atoms with Crippen molar-refractivity contribution in [3.63, 3.8) is 0 Å². The third kappa shape index (κ3) is 5.78. The van der Waals surface area contributed by atoms with E-state index in [0.29, 0.717) is 12.1 Å². The Bertz CT molecular complexity index is 1090. The highest BCUT2D eigenvalue weighted by atomic mass is 32.2. The van der Waals surface area contributed by atoms with Gasteiger partial charge in [-0.2, -0.15) is 4.31 Å². The van der Waals surface area contributed by atoms with Gasteiger partial charge in [-0.1, -0.05) is 60.2 Å². The number of aryl methyl sites for hydroxylation is 2. The van der Waals surface area contributed by atoms with Gasteiger partial charge in [-0.15, -0.1) is 0 Å². The van der Waals surface area contributed by atoms with Crippen LogP contribution in [0.2, 0.25) is 0 Å². The number of hydrogen-bond donors (Lipinski definition) is 1. The average Bonchev–Trinajstić information content (AvgIpc) is 2.72. The van der Waals surface area contributed by atoms with Gasteiger partial charge in [-0.25, -0.2) is 8.42 Å². The molecule has 0 aliphatic rings. The molecule has 6 heteroatoms. The molecule has 1 N–H and O–H groups in total. The minimum atomic E-state index is -3.81. The molecule has 30 heavy (non-hydrogen) atoms. The summed E-state index contributed by atoms with van der Waals surface area (Å²) in [6.07, 6.45) is 0.518. The zero-order valence-electron chi connectivity index (χ0n) is 17.2. The summed E-state index contributed by atoms with van der Waals surface area (Å²) in [5, 5.41) is 2.80. The number of carbonyl (C=O) groups excluding carboxylic acids is 1. The van der Waals surface area contributed by atoms with Gasteiger partial charge < -0.3 is 5.32 Å². The molecule has 0 atom stereocenters. The summed E-state index contributed by atoms with van der Waals surface area (Å²) in [7, 11) is -3.81. The van der Waals surface area contributed by atoms with Crippen LogP contribution in [0.1, 0.15) is 16.7 Å². The van der Waals surface area contributed by atoms with E-state index in [2.05, 4.69) is 5.32 Å². The maximum atomic E-state index is 13.3. The summed E-state index contributed by atoms with van der Waals surface area (Å²) in [6.45, 7) is 3.79. The number of hydrogen-bond acceptors (Lipinski definition) is 3. The Balaban J connectivity index is 1.80. The average molecular weight is 423 g/mol. The van der Waals surface area contributed by atoms with Crippen LogP contribution in [0.4, 0.5) is 5.69 Å². The van der Waals surface area contributed by atoms with Crippen molar-refractivity contribution >= 4 is 21.6 Å². The highest BCUT2D eigenvalue weighted by molar-refractivity contribution is 7.89. The van der Waals surface area contributed by atoms with Gasteiger partial charge in [0.1, 0.15) is 0 Å². The van der Waals surface area contributed by atoms with Gasteiger partial charge in [0.2, 0.25) is 15.9 Å². The summed E-state index contributed by atoms with van der Waals surface area (Å²) in [5.41, 5.74) is 3.65. The molecule has 0 fully saturated rings. The molecule has 156 valence electrons. The third-order valence-corrected chi connectivity index (χ3v) is 6.63. The molecule has 0 radical (unpaired) electrons. The van der Waals surface area contributed by atoms with Crippen LogP contribution in [0.15, 0.2) is 83.8 Å². The van der Waals surface area contributed by atoms with Crippen LogP contribution < -0.4 is 5.32 Å². The fourth-order valence-corrected chi connectivity index (χ4v) is 4.52. The predicted molar refractivity (Wildman–Crippen MR) is 120 cm³/mol. The number of benzene rings is 3. The molecule has 0 heterocycles. The first-order valence-electron chi connectivity index (χ1n) is 9.82. The Labute approximate surface area is 178 Å². The van der Waals surface area contributed by atoms with Crippen molar-refractivity contribution in [1.82, 2.24) is 4.31 Å². The molecule has 3 rings (SSSR count). The van der Waals surface area contributed by atoms with Gasteiger partial charge in [-0.3, -0.25) is 4.79 Å². The van der Waals surface area contributed by atoms with E-state index >= 15 is 0 Å². The predicted octanol–water partition coefficient (Wildman–Crippen LogP) is 4.18. The first-order chi connectivity index (χ1) is 14.3. The number of sulfonamides is 1. The smallest absolute Gasteiger partial charge is 0.243 e. The summed E-state index contributed by atoms with van der Waals surface area (Å²) in [4.78, 5) is 12.8. The van der Waals surface area contributed by atoms with E-state index in [1.165, 1.54) is 4.31 Å². The van der Waals surface area contributed by atoms with E-state index in [1.54, 1.807) is 30.3 Å². The fraction of sp³-hybridized carbons (Fsp3) is 0.208. The monoisotopic (exact) mass is 422 g/mol. The highest BCUT2D eigenvalue weighted by Crippen LogP contribution is 2.18. The van der Waals surface area contributed by atoms with Crippen molar-refractivity contribution in [1.29, 1.82) is 0 Å². The number of carbonyl (C=O) groups is 1. The molecular weight excluding hydrogens is 396 g/mol. The maximum Gasteiger partial charge on any atom is 0.243 e. The van der Waals surface area contributed by atoms with Crippen LogP contribution in [0.5, 0.6) is 0 Å². The lowest BCUT2D eigenvalue weighted by molar-refractivity contribution is -0.116. The van der Waals surface area contributed by atoms with E-state index in [1.807, 2.05) is 62.4 Å².